The first-order chi connectivity index (χ1) is 10.5. The maximum atomic E-state index is 12.1. The number of hydrogen-bond acceptors (Lipinski definition) is 5. The average molecular weight is 316 g/mol. The van der Waals surface area contributed by atoms with E-state index in [4.69, 9.17) is 14.3 Å². The van der Waals surface area contributed by atoms with Crippen LogP contribution in [0.15, 0.2) is 51.0 Å². The van der Waals surface area contributed by atoms with Gasteiger partial charge in [0, 0.05) is 16.3 Å². The Morgan fingerprint density at radius 1 is 1.32 bits per heavy atom. The largest absolute Gasteiger partial charge is 0.479 e. The second-order valence-electron chi connectivity index (χ2n) is 4.72. The van der Waals surface area contributed by atoms with Gasteiger partial charge in [-0.05, 0) is 36.6 Å². The van der Waals surface area contributed by atoms with Crippen LogP contribution in [0.25, 0.3) is 21.4 Å². The van der Waals surface area contributed by atoms with Crippen molar-refractivity contribution in [2.75, 3.05) is 0 Å². The summed E-state index contributed by atoms with van der Waals surface area (Å²) in [4.78, 5) is 23.7. The van der Waals surface area contributed by atoms with Crippen molar-refractivity contribution in [3.8, 4) is 16.2 Å². The van der Waals surface area contributed by atoms with Crippen LogP contribution < -0.4 is 10.4 Å². The molecule has 0 fully saturated rings. The smallest absolute Gasteiger partial charge is 0.345 e. The van der Waals surface area contributed by atoms with Crippen LogP contribution in [0.2, 0.25) is 0 Å². The Morgan fingerprint density at radius 2 is 2.14 bits per heavy atom. The number of carboxylic acids is 1. The van der Waals surface area contributed by atoms with E-state index in [1.165, 1.54) is 24.3 Å². The SMILES string of the molecule is C[C@@H](Oc1ccc2cc(-c3cccs3)c(=O)oc2c1)C(=O)O. The number of benzene rings is 1. The molecule has 0 amide bonds. The molecule has 3 aromatic rings. The molecule has 0 radical (unpaired) electrons. The molecule has 3 rings (SSSR count). The standard InChI is InChI=1S/C16H12O5S/c1-9(15(17)18)20-11-5-4-10-7-12(14-3-2-6-22-14)16(19)21-13(10)8-11/h2-9H,1H3,(H,17,18)/t9-/m1/s1. The minimum Gasteiger partial charge on any atom is -0.479 e. The van der Waals surface area contributed by atoms with Crippen molar-refractivity contribution in [1.82, 2.24) is 0 Å². The number of ether oxygens (including phenoxy) is 1. The van der Waals surface area contributed by atoms with Crippen molar-refractivity contribution in [3.63, 3.8) is 0 Å². The van der Waals surface area contributed by atoms with Gasteiger partial charge in [-0.15, -0.1) is 11.3 Å². The van der Waals surface area contributed by atoms with Gasteiger partial charge in [0.1, 0.15) is 11.3 Å². The summed E-state index contributed by atoms with van der Waals surface area (Å²) in [6.07, 6.45) is -0.977. The fraction of sp³-hybridized carbons (Fsp3) is 0.125. The third-order valence-electron chi connectivity index (χ3n) is 3.15. The average Bonchev–Trinajstić information content (AvgIpc) is 3.00. The quantitative estimate of drug-likeness (QED) is 0.747. The number of hydrogen-bond donors (Lipinski definition) is 1. The van der Waals surface area contributed by atoms with E-state index >= 15 is 0 Å². The van der Waals surface area contributed by atoms with Crippen molar-refractivity contribution in [3.05, 3.63) is 52.2 Å². The lowest BCUT2D eigenvalue weighted by Crippen LogP contribution is -2.22. The van der Waals surface area contributed by atoms with Gasteiger partial charge in [0.15, 0.2) is 6.10 Å². The zero-order valence-corrected chi connectivity index (χ0v) is 12.4. The fourth-order valence-electron chi connectivity index (χ4n) is 2.02. The van der Waals surface area contributed by atoms with Gasteiger partial charge in [-0.3, -0.25) is 0 Å². The molecule has 0 saturated carbocycles. The first kappa shape index (κ1) is 14.3. The van der Waals surface area contributed by atoms with Crippen molar-refractivity contribution in [1.29, 1.82) is 0 Å². The van der Waals surface area contributed by atoms with E-state index in [9.17, 15) is 9.59 Å². The van der Waals surface area contributed by atoms with Crippen molar-refractivity contribution in [2.45, 2.75) is 13.0 Å². The van der Waals surface area contributed by atoms with E-state index in [2.05, 4.69) is 0 Å². The summed E-state index contributed by atoms with van der Waals surface area (Å²) in [6, 6.07) is 10.4. The summed E-state index contributed by atoms with van der Waals surface area (Å²) in [6.45, 7) is 1.43. The highest BCUT2D eigenvalue weighted by Crippen LogP contribution is 2.27. The Balaban J connectivity index is 2.02. The molecule has 1 atom stereocenters. The molecule has 0 saturated heterocycles. The summed E-state index contributed by atoms with van der Waals surface area (Å²) >= 11 is 1.46. The van der Waals surface area contributed by atoms with Crippen LogP contribution in [0, 0.1) is 0 Å². The minimum absolute atomic E-state index is 0.342. The van der Waals surface area contributed by atoms with Crippen LogP contribution in [0.4, 0.5) is 0 Å². The van der Waals surface area contributed by atoms with Crippen molar-refractivity contribution >= 4 is 28.3 Å². The van der Waals surface area contributed by atoms with E-state index in [1.54, 1.807) is 18.2 Å². The number of carboxylic acid groups (broad SMARTS) is 1. The van der Waals surface area contributed by atoms with Crippen LogP contribution in [-0.4, -0.2) is 17.2 Å². The lowest BCUT2D eigenvalue weighted by molar-refractivity contribution is -0.144. The van der Waals surface area contributed by atoms with E-state index in [0.717, 1.165) is 10.3 Å². The van der Waals surface area contributed by atoms with Crippen LogP contribution in [0.3, 0.4) is 0 Å². The number of thiophene rings is 1. The zero-order chi connectivity index (χ0) is 15.7. The maximum Gasteiger partial charge on any atom is 0.345 e. The maximum absolute atomic E-state index is 12.1. The number of aliphatic carboxylic acids is 1. The molecule has 5 nitrogen and oxygen atoms in total. The Hall–Kier alpha value is -2.60. The normalized spacial score (nSPS) is 12.2. The monoisotopic (exact) mass is 316 g/mol. The topological polar surface area (TPSA) is 76.7 Å². The third kappa shape index (κ3) is 2.73. The van der Waals surface area contributed by atoms with E-state index in [-0.39, 0.29) is 0 Å². The van der Waals surface area contributed by atoms with Crippen molar-refractivity contribution in [2.24, 2.45) is 0 Å². The van der Waals surface area contributed by atoms with Gasteiger partial charge in [0.2, 0.25) is 0 Å². The predicted octanol–water partition coefficient (Wildman–Crippen LogP) is 3.37. The molecule has 0 unspecified atom stereocenters. The number of fused-ring (bicyclic) bond motifs is 1. The molecule has 22 heavy (non-hydrogen) atoms. The third-order valence-corrected chi connectivity index (χ3v) is 4.06. The van der Waals surface area contributed by atoms with Gasteiger partial charge in [-0.2, -0.15) is 0 Å². The highest BCUT2D eigenvalue weighted by molar-refractivity contribution is 7.13. The molecule has 0 aliphatic rings. The van der Waals surface area contributed by atoms with Gasteiger partial charge in [-0.1, -0.05) is 6.07 Å². The van der Waals surface area contributed by atoms with Gasteiger partial charge in [0.25, 0.3) is 0 Å². The first-order valence-corrected chi connectivity index (χ1v) is 7.44. The van der Waals surface area contributed by atoms with E-state index in [0.29, 0.717) is 16.9 Å². The highest BCUT2D eigenvalue weighted by atomic mass is 32.1. The molecule has 2 aromatic heterocycles. The molecule has 112 valence electrons. The molecule has 0 bridgehead atoms. The van der Waals surface area contributed by atoms with E-state index < -0.39 is 17.7 Å². The fourth-order valence-corrected chi connectivity index (χ4v) is 2.75. The molecule has 0 aliphatic heterocycles. The highest BCUT2D eigenvalue weighted by Gasteiger charge is 2.14. The lowest BCUT2D eigenvalue weighted by Gasteiger charge is -2.10. The minimum atomic E-state index is -1.06. The number of rotatable bonds is 4. The molecule has 0 aliphatic carbocycles. The van der Waals surface area contributed by atoms with Crippen molar-refractivity contribution < 1.29 is 19.1 Å². The van der Waals surface area contributed by atoms with Gasteiger partial charge < -0.3 is 14.3 Å². The van der Waals surface area contributed by atoms with Crippen LogP contribution in [0.5, 0.6) is 5.75 Å². The molecular formula is C16H12O5S. The van der Waals surface area contributed by atoms with E-state index in [1.807, 2.05) is 17.5 Å². The molecule has 2 heterocycles. The lowest BCUT2D eigenvalue weighted by atomic mass is 10.1. The Labute approximate surface area is 129 Å². The second kappa shape index (κ2) is 5.65. The summed E-state index contributed by atoms with van der Waals surface area (Å²) in [5.41, 5.74) is 0.439. The van der Waals surface area contributed by atoms with Gasteiger partial charge in [-0.25, -0.2) is 9.59 Å². The number of carbonyl (C=O) groups is 1. The second-order valence-corrected chi connectivity index (χ2v) is 5.67. The molecule has 6 heteroatoms. The Bertz CT molecular complexity index is 879. The molecular weight excluding hydrogens is 304 g/mol. The van der Waals surface area contributed by atoms with Gasteiger partial charge in [0.05, 0.1) is 5.56 Å². The van der Waals surface area contributed by atoms with Crippen LogP contribution in [0.1, 0.15) is 6.92 Å². The van der Waals surface area contributed by atoms with Gasteiger partial charge >= 0.3 is 11.6 Å². The zero-order valence-electron chi connectivity index (χ0n) is 11.6. The summed E-state index contributed by atoms with van der Waals surface area (Å²) < 4.78 is 10.6. The molecule has 1 N–H and O–H groups in total. The summed E-state index contributed by atoms with van der Waals surface area (Å²) in [5.74, 6) is -0.719. The molecule has 0 spiro atoms. The van der Waals surface area contributed by atoms with Crippen LogP contribution in [-0.2, 0) is 4.79 Å². The Kier molecular flexibility index (Phi) is 3.68. The van der Waals surface area contributed by atoms with Crippen LogP contribution >= 0.6 is 11.3 Å². The molecule has 1 aromatic carbocycles. The summed E-state index contributed by atoms with van der Waals surface area (Å²) in [7, 11) is 0. The first-order valence-electron chi connectivity index (χ1n) is 6.56. The summed E-state index contributed by atoms with van der Waals surface area (Å²) in [5, 5.41) is 11.5. The predicted molar refractivity (Wildman–Crippen MR) is 83.5 cm³/mol. The Morgan fingerprint density at radius 3 is 2.82 bits per heavy atom.